The van der Waals surface area contributed by atoms with Gasteiger partial charge in [-0.25, -0.2) is 14.2 Å². The van der Waals surface area contributed by atoms with Crippen molar-refractivity contribution in [2.75, 3.05) is 26.8 Å². The third-order valence-electron chi connectivity index (χ3n) is 5.59. The first-order valence-corrected chi connectivity index (χ1v) is 10.5. The van der Waals surface area contributed by atoms with Gasteiger partial charge in [-0.1, -0.05) is 18.2 Å². The minimum atomic E-state index is -0.561. The van der Waals surface area contributed by atoms with E-state index in [1.807, 2.05) is 0 Å². The fourth-order valence-electron chi connectivity index (χ4n) is 3.96. The van der Waals surface area contributed by atoms with E-state index in [1.165, 1.54) is 19.2 Å². The quantitative estimate of drug-likeness (QED) is 0.567. The molecule has 0 unspecified atom stereocenters. The summed E-state index contributed by atoms with van der Waals surface area (Å²) in [5.41, 5.74) is 1.10. The van der Waals surface area contributed by atoms with E-state index in [0.717, 1.165) is 5.82 Å². The van der Waals surface area contributed by atoms with Gasteiger partial charge in [0, 0.05) is 56.6 Å². The normalized spacial score (nSPS) is 13.9. The molecule has 0 saturated heterocycles. The van der Waals surface area contributed by atoms with Crippen molar-refractivity contribution in [1.29, 1.82) is 0 Å². The molecule has 0 fully saturated rings. The number of halogens is 1. The number of methoxy groups -OCH3 is 1. The lowest BCUT2D eigenvalue weighted by atomic mass is 10.1. The Balaban J connectivity index is 1.57. The molecule has 1 N–H and O–H groups in total. The van der Waals surface area contributed by atoms with Gasteiger partial charge in [0.1, 0.15) is 23.0 Å². The number of nitrogens with one attached hydrogen (secondary N) is 1. The minimum absolute atomic E-state index is 0.123. The average Bonchev–Trinajstić information content (AvgIpc) is 3.21. The van der Waals surface area contributed by atoms with E-state index in [4.69, 9.17) is 9.47 Å². The lowest BCUT2D eigenvalue weighted by molar-refractivity contribution is 0.0593. The molecule has 1 aliphatic rings. The molecule has 8 nitrogen and oxygen atoms in total. The number of carbonyl (C=O) groups excluding carboxylic acids is 1. The first kappa shape index (κ1) is 21.8. The molecule has 0 atom stereocenters. The number of nitrogens with zero attached hydrogens (tertiary/aromatic N) is 3. The monoisotopic (exact) mass is 440 g/mol. The third-order valence-corrected chi connectivity index (χ3v) is 5.59. The van der Waals surface area contributed by atoms with Crippen LogP contribution in [-0.2, 0) is 30.7 Å². The smallest absolute Gasteiger partial charge is 0.343 e. The fourth-order valence-corrected chi connectivity index (χ4v) is 3.96. The molecule has 168 valence electrons. The SMILES string of the molecule is COC(=O)c1c(OCCc2ccccc2F)cc(=O)n2c1CCN(Cc1ncc[nH]1)CC2. The molecule has 32 heavy (non-hydrogen) atoms. The van der Waals surface area contributed by atoms with Gasteiger partial charge >= 0.3 is 5.97 Å². The summed E-state index contributed by atoms with van der Waals surface area (Å²) in [6.07, 6.45) is 4.26. The summed E-state index contributed by atoms with van der Waals surface area (Å²) in [7, 11) is 1.30. The van der Waals surface area contributed by atoms with Crippen molar-refractivity contribution in [2.24, 2.45) is 0 Å². The van der Waals surface area contributed by atoms with Gasteiger partial charge in [-0.15, -0.1) is 0 Å². The van der Waals surface area contributed by atoms with Gasteiger partial charge in [-0.05, 0) is 11.6 Å². The molecule has 3 aromatic rings. The Morgan fingerprint density at radius 3 is 2.84 bits per heavy atom. The van der Waals surface area contributed by atoms with Gasteiger partial charge in [0.15, 0.2) is 0 Å². The Kier molecular flexibility index (Phi) is 6.65. The first-order valence-electron chi connectivity index (χ1n) is 10.5. The molecule has 0 bridgehead atoms. The number of rotatable bonds is 7. The zero-order valence-corrected chi connectivity index (χ0v) is 17.8. The molecule has 0 radical (unpaired) electrons. The number of fused-ring (bicyclic) bond motifs is 1. The lowest BCUT2D eigenvalue weighted by Gasteiger charge is -2.17. The van der Waals surface area contributed by atoms with E-state index in [9.17, 15) is 14.0 Å². The second kappa shape index (κ2) is 9.78. The van der Waals surface area contributed by atoms with Crippen molar-refractivity contribution in [3.63, 3.8) is 0 Å². The van der Waals surface area contributed by atoms with Crippen molar-refractivity contribution >= 4 is 5.97 Å². The second-order valence-corrected chi connectivity index (χ2v) is 7.56. The number of aromatic nitrogens is 3. The second-order valence-electron chi connectivity index (χ2n) is 7.56. The number of hydrogen-bond acceptors (Lipinski definition) is 6. The number of pyridine rings is 1. The molecule has 3 heterocycles. The molecule has 1 aliphatic heterocycles. The van der Waals surface area contributed by atoms with Crippen LogP contribution in [0.3, 0.4) is 0 Å². The highest BCUT2D eigenvalue weighted by atomic mass is 19.1. The van der Waals surface area contributed by atoms with E-state index in [1.54, 1.807) is 35.2 Å². The summed E-state index contributed by atoms with van der Waals surface area (Å²) < 4.78 is 26.3. The number of ether oxygens (including phenoxy) is 2. The number of hydrogen-bond donors (Lipinski definition) is 1. The summed E-state index contributed by atoms with van der Waals surface area (Å²) in [6, 6.07) is 7.76. The highest BCUT2D eigenvalue weighted by molar-refractivity contribution is 5.93. The number of H-pyrrole nitrogens is 1. The highest BCUT2D eigenvalue weighted by Crippen LogP contribution is 2.24. The topological polar surface area (TPSA) is 89.4 Å². The maximum absolute atomic E-state index is 13.9. The molecule has 9 heteroatoms. The van der Waals surface area contributed by atoms with Crippen molar-refractivity contribution in [1.82, 2.24) is 19.4 Å². The van der Waals surface area contributed by atoms with Crippen molar-refractivity contribution in [2.45, 2.75) is 25.9 Å². The van der Waals surface area contributed by atoms with Gasteiger partial charge < -0.3 is 19.0 Å². The van der Waals surface area contributed by atoms with Crippen LogP contribution >= 0.6 is 0 Å². The van der Waals surface area contributed by atoms with Gasteiger partial charge in [-0.3, -0.25) is 9.69 Å². The Morgan fingerprint density at radius 2 is 2.09 bits per heavy atom. The van der Waals surface area contributed by atoms with Crippen molar-refractivity contribution < 1.29 is 18.7 Å². The maximum atomic E-state index is 13.9. The zero-order chi connectivity index (χ0) is 22.5. The van der Waals surface area contributed by atoms with Gasteiger partial charge in [0.2, 0.25) is 0 Å². The standard InChI is InChI=1S/C23H25FN4O4/c1-31-23(30)22-18-6-10-27(15-20-25-8-9-26-20)11-12-28(18)21(29)14-19(22)32-13-7-16-4-2-3-5-17(16)24/h2-5,8-9,14H,6-7,10-13,15H2,1H3,(H,25,26). The van der Waals surface area contributed by atoms with Gasteiger partial charge in [0.25, 0.3) is 5.56 Å². The Labute approximate surface area is 184 Å². The van der Waals surface area contributed by atoms with E-state index >= 15 is 0 Å². The number of carbonyl (C=O) groups is 1. The average molecular weight is 440 g/mol. The fraction of sp³-hybridized carbons (Fsp3) is 0.348. The minimum Gasteiger partial charge on any atom is -0.492 e. The van der Waals surface area contributed by atoms with E-state index in [-0.39, 0.29) is 29.3 Å². The summed E-state index contributed by atoms with van der Waals surface area (Å²) in [4.78, 5) is 35.0. The Morgan fingerprint density at radius 1 is 1.25 bits per heavy atom. The van der Waals surface area contributed by atoms with Crippen LogP contribution < -0.4 is 10.3 Å². The number of imidazole rings is 1. The summed E-state index contributed by atoms with van der Waals surface area (Å²) in [5, 5.41) is 0. The molecule has 4 rings (SSSR count). The molecule has 0 saturated carbocycles. The predicted molar refractivity (Wildman–Crippen MR) is 115 cm³/mol. The third kappa shape index (κ3) is 4.72. The van der Waals surface area contributed by atoms with Gasteiger partial charge in [0.05, 0.1) is 20.3 Å². The van der Waals surface area contributed by atoms with Gasteiger partial charge in [-0.2, -0.15) is 0 Å². The van der Waals surface area contributed by atoms with Crippen LogP contribution in [-0.4, -0.2) is 52.2 Å². The molecule has 1 aromatic carbocycles. The zero-order valence-electron chi connectivity index (χ0n) is 17.8. The van der Waals surface area contributed by atoms with Crippen LogP contribution in [0.15, 0.2) is 47.5 Å². The molecule has 0 spiro atoms. The van der Waals surface area contributed by atoms with Crippen molar-refractivity contribution in [3.05, 3.63) is 81.5 Å². The number of benzene rings is 1. The number of aromatic amines is 1. The Hall–Kier alpha value is -3.46. The molecular weight excluding hydrogens is 415 g/mol. The predicted octanol–water partition coefficient (Wildman–Crippen LogP) is 2.18. The van der Waals surface area contributed by atoms with Crippen LogP contribution in [0.25, 0.3) is 0 Å². The van der Waals surface area contributed by atoms with Crippen LogP contribution in [0.1, 0.15) is 27.4 Å². The summed E-state index contributed by atoms with van der Waals surface area (Å²) in [5.74, 6) is 0.134. The van der Waals surface area contributed by atoms with Crippen molar-refractivity contribution in [3.8, 4) is 5.75 Å². The van der Waals surface area contributed by atoms with E-state index in [0.29, 0.717) is 50.3 Å². The summed E-state index contributed by atoms with van der Waals surface area (Å²) in [6.45, 7) is 2.46. The maximum Gasteiger partial charge on any atom is 0.343 e. The summed E-state index contributed by atoms with van der Waals surface area (Å²) >= 11 is 0. The van der Waals surface area contributed by atoms with E-state index < -0.39 is 5.97 Å². The lowest BCUT2D eigenvalue weighted by Crippen LogP contribution is -2.29. The van der Waals surface area contributed by atoms with Crippen LogP contribution in [0.4, 0.5) is 4.39 Å². The first-order chi connectivity index (χ1) is 15.6. The molecule has 2 aromatic heterocycles. The molecular formula is C23H25FN4O4. The largest absolute Gasteiger partial charge is 0.492 e. The molecule has 0 aliphatic carbocycles. The Bertz CT molecular complexity index is 1140. The van der Waals surface area contributed by atoms with Crippen LogP contribution in [0.5, 0.6) is 5.75 Å². The van der Waals surface area contributed by atoms with E-state index in [2.05, 4.69) is 14.9 Å². The van der Waals surface area contributed by atoms with Crippen LogP contribution in [0.2, 0.25) is 0 Å². The van der Waals surface area contributed by atoms with Crippen LogP contribution in [0, 0.1) is 5.82 Å². The highest BCUT2D eigenvalue weighted by Gasteiger charge is 2.26. The number of esters is 1. The molecule has 0 amide bonds.